The van der Waals surface area contributed by atoms with Gasteiger partial charge >= 0.3 is 5.97 Å². The van der Waals surface area contributed by atoms with E-state index >= 15 is 0 Å². The van der Waals surface area contributed by atoms with Crippen molar-refractivity contribution in [1.82, 2.24) is 4.90 Å². The van der Waals surface area contributed by atoms with Crippen molar-refractivity contribution in [3.63, 3.8) is 0 Å². The first-order chi connectivity index (χ1) is 7.27. The monoisotopic (exact) mass is 235 g/mol. The van der Waals surface area contributed by atoms with E-state index in [9.17, 15) is 13.6 Å². The van der Waals surface area contributed by atoms with Gasteiger partial charge in [-0.15, -0.1) is 0 Å². The highest BCUT2D eigenvalue weighted by atomic mass is 19.3. The zero-order valence-electron chi connectivity index (χ0n) is 10.1. The minimum absolute atomic E-state index is 0.121. The molecule has 1 fully saturated rings. The molecule has 3 nitrogen and oxygen atoms in total. The van der Waals surface area contributed by atoms with Crippen LogP contribution in [0, 0.1) is 5.41 Å². The third kappa shape index (κ3) is 3.40. The van der Waals surface area contributed by atoms with Crippen molar-refractivity contribution in [3.05, 3.63) is 0 Å². The lowest BCUT2D eigenvalue weighted by Gasteiger charge is -2.35. The van der Waals surface area contributed by atoms with Gasteiger partial charge in [0.2, 0.25) is 0 Å². The van der Waals surface area contributed by atoms with Gasteiger partial charge in [0.25, 0.3) is 5.92 Å². The lowest BCUT2D eigenvalue weighted by molar-refractivity contribution is -0.152. The number of hydrogen-bond acceptors (Lipinski definition) is 3. The average Bonchev–Trinajstić information content (AvgIpc) is 2.20. The fraction of sp³-hybridized carbons (Fsp3) is 0.909. The number of methoxy groups -OCH3 is 1. The zero-order chi connectivity index (χ0) is 12.4. The second-order valence-electron chi connectivity index (χ2n) is 5.01. The van der Waals surface area contributed by atoms with E-state index in [1.807, 2.05) is 4.90 Å². The SMILES string of the molecule is COC(=O)C(C)(C)CN1CCC(F)(F)CC1. The van der Waals surface area contributed by atoms with Crippen LogP contribution in [0.3, 0.4) is 0 Å². The van der Waals surface area contributed by atoms with Gasteiger partial charge in [0.15, 0.2) is 0 Å². The van der Waals surface area contributed by atoms with E-state index in [4.69, 9.17) is 0 Å². The van der Waals surface area contributed by atoms with Gasteiger partial charge in [-0.2, -0.15) is 0 Å². The number of hydrogen-bond donors (Lipinski definition) is 0. The Morgan fingerprint density at radius 3 is 2.31 bits per heavy atom. The van der Waals surface area contributed by atoms with Crippen molar-refractivity contribution in [1.29, 1.82) is 0 Å². The van der Waals surface area contributed by atoms with Crippen LogP contribution in [0.15, 0.2) is 0 Å². The van der Waals surface area contributed by atoms with Gasteiger partial charge in [-0.05, 0) is 13.8 Å². The molecule has 0 aromatic heterocycles. The summed E-state index contributed by atoms with van der Waals surface area (Å²) in [5.74, 6) is -2.84. The van der Waals surface area contributed by atoms with Crippen LogP contribution < -0.4 is 0 Å². The van der Waals surface area contributed by atoms with E-state index < -0.39 is 11.3 Å². The molecule has 0 atom stereocenters. The molecule has 5 heteroatoms. The largest absolute Gasteiger partial charge is 0.469 e. The maximum Gasteiger partial charge on any atom is 0.312 e. The Balaban J connectivity index is 2.47. The van der Waals surface area contributed by atoms with Gasteiger partial charge in [0, 0.05) is 32.5 Å². The van der Waals surface area contributed by atoms with Gasteiger partial charge in [-0.3, -0.25) is 4.79 Å². The van der Waals surface area contributed by atoms with Crippen LogP contribution in [0.1, 0.15) is 26.7 Å². The molecular formula is C11H19F2NO2. The fourth-order valence-electron chi connectivity index (χ4n) is 1.94. The second kappa shape index (κ2) is 4.65. The number of piperidine rings is 1. The normalized spacial score (nSPS) is 21.8. The lowest BCUT2D eigenvalue weighted by atomic mass is 9.91. The Bertz CT molecular complexity index is 257. The summed E-state index contributed by atoms with van der Waals surface area (Å²) in [6, 6.07) is 0. The Hall–Kier alpha value is -0.710. The lowest BCUT2D eigenvalue weighted by Crippen LogP contribution is -2.46. The number of carbonyl (C=O) groups excluding carboxylic acids is 1. The first-order valence-electron chi connectivity index (χ1n) is 5.45. The summed E-state index contributed by atoms with van der Waals surface area (Å²) < 4.78 is 30.5. The Morgan fingerprint density at radius 2 is 1.88 bits per heavy atom. The molecule has 1 aliphatic rings. The molecule has 1 aliphatic heterocycles. The smallest absolute Gasteiger partial charge is 0.312 e. The summed E-state index contributed by atoms with van der Waals surface area (Å²) in [5.41, 5.74) is -0.638. The summed E-state index contributed by atoms with van der Waals surface area (Å²) in [6.07, 6.45) is -0.242. The molecule has 1 saturated heterocycles. The van der Waals surface area contributed by atoms with Crippen LogP contribution in [0.2, 0.25) is 0 Å². The zero-order valence-corrected chi connectivity index (χ0v) is 10.1. The highest BCUT2D eigenvalue weighted by Crippen LogP contribution is 2.29. The molecule has 0 radical (unpaired) electrons. The van der Waals surface area contributed by atoms with Gasteiger partial charge in [-0.1, -0.05) is 0 Å². The predicted octanol–water partition coefficient (Wildman–Crippen LogP) is 1.92. The van der Waals surface area contributed by atoms with Crippen LogP contribution in [0.25, 0.3) is 0 Å². The first kappa shape index (κ1) is 13.4. The van der Waals surface area contributed by atoms with Crippen molar-refractivity contribution >= 4 is 5.97 Å². The number of halogens is 2. The molecule has 0 aliphatic carbocycles. The molecule has 1 rings (SSSR count). The number of carbonyl (C=O) groups is 1. The van der Waals surface area contributed by atoms with E-state index in [0.717, 1.165) is 0 Å². The first-order valence-corrected chi connectivity index (χ1v) is 5.45. The number of ether oxygens (including phenoxy) is 1. The minimum Gasteiger partial charge on any atom is -0.469 e. The predicted molar refractivity (Wildman–Crippen MR) is 56.4 cm³/mol. The molecule has 0 N–H and O–H groups in total. The van der Waals surface area contributed by atoms with Crippen molar-refractivity contribution in [3.8, 4) is 0 Å². The van der Waals surface area contributed by atoms with Gasteiger partial charge < -0.3 is 9.64 Å². The second-order valence-corrected chi connectivity index (χ2v) is 5.01. The highest BCUT2D eigenvalue weighted by molar-refractivity contribution is 5.76. The summed E-state index contributed by atoms with van der Waals surface area (Å²) in [6.45, 7) is 4.69. The number of alkyl halides is 2. The molecule has 94 valence electrons. The summed E-state index contributed by atoms with van der Waals surface area (Å²) in [7, 11) is 1.34. The Labute approximate surface area is 94.7 Å². The molecule has 0 amide bonds. The molecule has 0 aromatic carbocycles. The minimum atomic E-state index is -2.54. The molecule has 0 aromatic rings. The van der Waals surface area contributed by atoms with Crippen LogP contribution >= 0.6 is 0 Å². The van der Waals surface area contributed by atoms with E-state index in [0.29, 0.717) is 19.6 Å². The Kier molecular flexibility index (Phi) is 3.88. The number of rotatable bonds is 3. The van der Waals surface area contributed by atoms with E-state index in [2.05, 4.69) is 4.74 Å². The van der Waals surface area contributed by atoms with E-state index in [-0.39, 0.29) is 18.8 Å². The van der Waals surface area contributed by atoms with E-state index in [1.54, 1.807) is 13.8 Å². The van der Waals surface area contributed by atoms with Gasteiger partial charge in [0.05, 0.1) is 12.5 Å². The quantitative estimate of drug-likeness (QED) is 0.700. The molecule has 0 saturated carbocycles. The van der Waals surface area contributed by atoms with Crippen LogP contribution in [0.4, 0.5) is 8.78 Å². The summed E-state index contributed by atoms with van der Waals surface area (Å²) in [5, 5.41) is 0. The molecule has 1 heterocycles. The fourth-order valence-corrected chi connectivity index (χ4v) is 1.94. The average molecular weight is 235 g/mol. The summed E-state index contributed by atoms with van der Waals surface area (Å²) >= 11 is 0. The van der Waals surface area contributed by atoms with Gasteiger partial charge in [-0.25, -0.2) is 8.78 Å². The highest BCUT2D eigenvalue weighted by Gasteiger charge is 2.37. The van der Waals surface area contributed by atoms with Crippen LogP contribution in [0.5, 0.6) is 0 Å². The van der Waals surface area contributed by atoms with Crippen LogP contribution in [-0.2, 0) is 9.53 Å². The molecular weight excluding hydrogens is 216 g/mol. The van der Waals surface area contributed by atoms with Crippen molar-refractivity contribution in [2.45, 2.75) is 32.6 Å². The maximum atomic E-state index is 12.9. The molecule has 0 unspecified atom stereocenters. The van der Waals surface area contributed by atoms with Gasteiger partial charge in [0.1, 0.15) is 0 Å². The third-order valence-electron chi connectivity index (χ3n) is 2.94. The molecule has 0 bridgehead atoms. The van der Waals surface area contributed by atoms with E-state index in [1.165, 1.54) is 7.11 Å². The van der Waals surface area contributed by atoms with Crippen molar-refractivity contribution in [2.24, 2.45) is 5.41 Å². The van der Waals surface area contributed by atoms with Crippen molar-refractivity contribution < 1.29 is 18.3 Å². The number of likely N-dealkylation sites (tertiary alicyclic amines) is 1. The van der Waals surface area contributed by atoms with Crippen LogP contribution in [-0.4, -0.2) is 43.5 Å². The standard InChI is InChI=1S/C11H19F2NO2/c1-10(2,9(15)16-3)8-14-6-4-11(12,13)5-7-14/h4-8H2,1-3H3. The summed E-state index contributed by atoms with van der Waals surface area (Å²) in [4.78, 5) is 13.3. The molecule has 16 heavy (non-hydrogen) atoms. The number of nitrogens with zero attached hydrogens (tertiary/aromatic N) is 1. The third-order valence-corrected chi connectivity index (χ3v) is 2.94. The Morgan fingerprint density at radius 1 is 1.38 bits per heavy atom. The molecule has 0 spiro atoms. The maximum absolute atomic E-state index is 12.9. The topological polar surface area (TPSA) is 29.5 Å². The number of esters is 1. The van der Waals surface area contributed by atoms with Crippen molar-refractivity contribution in [2.75, 3.05) is 26.7 Å².